The minimum Gasteiger partial charge on any atom is -0.346 e. The van der Waals surface area contributed by atoms with E-state index >= 15 is 0 Å². The number of carbonyl (C=O) groups is 1. The predicted molar refractivity (Wildman–Crippen MR) is 133 cm³/mol. The van der Waals surface area contributed by atoms with E-state index in [0.29, 0.717) is 38.2 Å². The molecule has 1 saturated carbocycles. The fourth-order valence-electron chi connectivity index (χ4n) is 5.38. The van der Waals surface area contributed by atoms with Crippen LogP contribution in [0.5, 0.6) is 0 Å². The van der Waals surface area contributed by atoms with Crippen molar-refractivity contribution in [2.75, 3.05) is 31.1 Å². The summed E-state index contributed by atoms with van der Waals surface area (Å²) in [5.74, 6) is 0.772. The molecule has 34 heavy (non-hydrogen) atoms. The van der Waals surface area contributed by atoms with E-state index in [9.17, 15) is 4.79 Å². The van der Waals surface area contributed by atoms with E-state index in [1.54, 1.807) is 10.8 Å². The number of para-hydroxylation sites is 1. The molecule has 2 aliphatic rings. The highest BCUT2D eigenvalue weighted by Crippen LogP contribution is 2.32. The molecular weight excluding hydrogens is 426 g/mol. The molecule has 2 aromatic heterocycles. The lowest BCUT2D eigenvalue weighted by Crippen LogP contribution is -2.49. The summed E-state index contributed by atoms with van der Waals surface area (Å²) in [6.45, 7) is 7.05. The summed E-state index contributed by atoms with van der Waals surface area (Å²) >= 11 is 0. The van der Waals surface area contributed by atoms with Crippen LogP contribution in [-0.2, 0) is 4.79 Å². The summed E-state index contributed by atoms with van der Waals surface area (Å²) in [6.07, 6.45) is 10.2. The van der Waals surface area contributed by atoms with Crippen LogP contribution in [0.15, 0.2) is 42.5 Å². The first-order chi connectivity index (χ1) is 16.6. The lowest BCUT2D eigenvalue weighted by molar-refractivity contribution is -0.126. The molecule has 8 heteroatoms. The summed E-state index contributed by atoms with van der Waals surface area (Å²) in [7, 11) is 0. The third-order valence-corrected chi connectivity index (χ3v) is 7.20. The summed E-state index contributed by atoms with van der Waals surface area (Å²) in [6, 6.07) is 12.7. The first-order valence-electron chi connectivity index (χ1n) is 12.4. The second kappa shape index (κ2) is 9.83. The highest BCUT2D eigenvalue weighted by atomic mass is 16.2. The van der Waals surface area contributed by atoms with Crippen molar-refractivity contribution in [1.82, 2.24) is 29.7 Å². The van der Waals surface area contributed by atoms with Gasteiger partial charge in [-0.25, -0.2) is 0 Å². The van der Waals surface area contributed by atoms with Gasteiger partial charge in [-0.1, -0.05) is 42.6 Å². The topological polar surface area (TPSA) is 72.1 Å². The van der Waals surface area contributed by atoms with Gasteiger partial charge in [0.05, 0.1) is 5.69 Å². The van der Waals surface area contributed by atoms with Gasteiger partial charge in [0.15, 0.2) is 0 Å². The van der Waals surface area contributed by atoms with Crippen molar-refractivity contribution < 1.29 is 4.79 Å². The molecule has 0 N–H and O–H groups in total. The molecule has 8 nitrogen and oxygen atoms in total. The number of anilines is 1. The van der Waals surface area contributed by atoms with Crippen LogP contribution in [0.1, 0.15) is 55.1 Å². The molecule has 0 bridgehead atoms. The molecule has 1 aliphatic heterocycles. The molecule has 1 aromatic carbocycles. The minimum atomic E-state index is 0.0600. The van der Waals surface area contributed by atoms with E-state index in [1.165, 1.54) is 43.5 Å². The SMILES string of the molecule is Cc1cc(/C=C/C(=O)N2CCN(c3nnnn3-c3ccccc3)CC2)c(C)n1C1CCCCC1. The molecule has 0 atom stereocenters. The van der Waals surface area contributed by atoms with Crippen molar-refractivity contribution in [2.24, 2.45) is 0 Å². The summed E-state index contributed by atoms with van der Waals surface area (Å²) in [5.41, 5.74) is 4.64. The maximum atomic E-state index is 12.9. The average Bonchev–Trinajstić information content (AvgIpc) is 3.48. The van der Waals surface area contributed by atoms with Crippen molar-refractivity contribution in [3.63, 3.8) is 0 Å². The number of carbonyl (C=O) groups excluding carboxylic acids is 1. The zero-order valence-corrected chi connectivity index (χ0v) is 20.1. The maximum absolute atomic E-state index is 12.9. The van der Waals surface area contributed by atoms with Gasteiger partial charge in [-0.3, -0.25) is 4.79 Å². The average molecular weight is 460 g/mol. The Morgan fingerprint density at radius 1 is 1.00 bits per heavy atom. The fraction of sp³-hybridized carbons (Fsp3) is 0.462. The number of aryl methyl sites for hydroxylation is 1. The lowest BCUT2D eigenvalue weighted by atomic mass is 9.95. The Labute approximate surface area is 200 Å². The lowest BCUT2D eigenvalue weighted by Gasteiger charge is -2.34. The van der Waals surface area contributed by atoms with E-state index in [2.05, 4.69) is 44.9 Å². The number of nitrogens with zero attached hydrogens (tertiary/aromatic N) is 7. The monoisotopic (exact) mass is 459 g/mol. The quantitative estimate of drug-likeness (QED) is 0.540. The van der Waals surface area contributed by atoms with Crippen LogP contribution in [0.25, 0.3) is 11.8 Å². The number of benzene rings is 1. The molecule has 3 aromatic rings. The van der Waals surface area contributed by atoms with Crippen LogP contribution in [0.2, 0.25) is 0 Å². The molecule has 0 spiro atoms. The predicted octanol–water partition coefficient (Wildman–Crippen LogP) is 3.95. The number of aromatic nitrogens is 5. The van der Waals surface area contributed by atoms with Gasteiger partial charge in [-0.15, -0.1) is 0 Å². The Balaban J connectivity index is 1.22. The summed E-state index contributed by atoms with van der Waals surface area (Å²) in [5, 5.41) is 12.2. The maximum Gasteiger partial charge on any atom is 0.250 e. The summed E-state index contributed by atoms with van der Waals surface area (Å²) in [4.78, 5) is 17.0. The van der Waals surface area contributed by atoms with Gasteiger partial charge in [0.1, 0.15) is 0 Å². The number of hydrogen-bond acceptors (Lipinski definition) is 5. The Bertz CT molecular complexity index is 1150. The standard InChI is InChI=1S/C26H33N7O/c1-20-19-22(21(2)32(20)23-9-5-3-6-10-23)13-14-25(34)30-15-17-31(18-16-30)26-27-28-29-33(26)24-11-7-4-8-12-24/h4,7-8,11-14,19,23H,3,5-6,9-10,15-18H2,1-2H3/b14-13+. The molecule has 1 saturated heterocycles. The number of hydrogen-bond donors (Lipinski definition) is 0. The molecular formula is C26H33N7O. The third-order valence-electron chi connectivity index (χ3n) is 7.20. The normalized spacial score (nSPS) is 17.6. The largest absolute Gasteiger partial charge is 0.346 e. The summed E-state index contributed by atoms with van der Waals surface area (Å²) < 4.78 is 4.23. The first-order valence-corrected chi connectivity index (χ1v) is 12.4. The van der Waals surface area contributed by atoms with Crippen molar-refractivity contribution in [3.05, 3.63) is 59.4 Å². The smallest absolute Gasteiger partial charge is 0.250 e. The highest BCUT2D eigenvalue weighted by Gasteiger charge is 2.24. The van der Waals surface area contributed by atoms with E-state index in [0.717, 1.165) is 11.3 Å². The van der Waals surface area contributed by atoms with Gasteiger partial charge in [0.2, 0.25) is 11.9 Å². The molecule has 0 unspecified atom stereocenters. The molecule has 2 fully saturated rings. The van der Waals surface area contributed by atoms with E-state index in [-0.39, 0.29) is 5.91 Å². The Hall–Kier alpha value is -3.42. The molecule has 1 amide bonds. The highest BCUT2D eigenvalue weighted by molar-refractivity contribution is 5.92. The fourth-order valence-corrected chi connectivity index (χ4v) is 5.38. The van der Waals surface area contributed by atoms with Gasteiger partial charge in [0.25, 0.3) is 0 Å². The van der Waals surface area contributed by atoms with Crippen LogP contribution in [0, 0.1) is 13.8 Å². The van der Waals surface area contributed by atoms with Crippen LogP contribution in [0.4, 0.5) is 5.95 Å². The van der Waals surface area contributed by atoms with Crippen LogP contribution < -0.4 is 4.90 Å². The molecule has 1 aliphatic carbocycles. The van der Waals surface area contributed by atoms with Crippen LogP contribution in [0.3, 0.4) is 0 Å². The van der Waals surface area contributed by atoms with Crippen LogP contribution >= 0.6 is 0 Å². The van der Waals surface area contributed by atoms with Gasteiger partial charge >= 0.3 is 0 Å². The molecule has 0 radical (unpaired) electrons. The third kappa shape index (κ3) is 4.49. The van der Waals surface area contributed by atoms with E-state index in [4.69, 9.17) is 0 Å². The number of rotatable bonds is 5. The molecule has 178 valence electrons. The van der Waals surface area contributed by atoms with E-state index < -0.39 is 0 Å². The van der Waals surface area contributed by atoms with Crippen LogP contribution in [-0.4, -0.2) is 61.8 Å². The van der Waals surface area contributed by atoms with Crippen molar-refractivity contribution in [2.45, 2.75) is 52.0 Å². The number of piperazine rings is 1. The number of tetrazole rings is 1. The second-order valence-electron chi connectivity index (χ2n) is 9.36. The Kier molecular flexibility index (Phi) is 6.47. The molecule has 3 heterocycles. The van der Waals surface area contributed by atoms with Crippen molar-refractivity contribution in [3.8, 4) is 5.69 Å². The zero-order valence-electron chi connectivity index (χ0n) is 20.1. The van der Waals surface area contributed by atoms with Crippen molar-refractivity contribution in [1.29, 1.82) is 0 Å². The zero-order chi connectivity index (χ0) is 23.5. The van der Waals surface area contributed by atoms with Gasteiger partial charge in [0, 0.05) is 49.7 Å². The first kappa shape index (κ1) is 22.4. The van der Waals surface area contributed by atoms with Gasteiger partial charge < -0.3 is 14.4 Å². The Morgan fingerprint density at radius 3 is 2.47 bits per heavy atom. The Morgan fingerprint density at radius 2 is 1.74 bits per heavy atom. The molecule has 5 rings (SSSR count). The second-order valence-corrected chi connectivity index (χ2v) is 9.36. The van der Waals surface area contributed by atoms with Gasteiger partial charge in [-0.2, -0.15) is 4.68 Å². The minimum absolute atomic E-state index is 0.0600. The number of amides is 1. The van der Waals surface area contributed by atoms with Crippen molar-refractivity contribution >= 4 is 17.9 Å². The van der Waals surface area contributed by atoms with E-state index in [1.807, 2.05) is 41.3 Å². The van der Waals surface area contributed by atoms with Gasteiger partial charge in [-0.05, 0) is 67.0 Å².